The normalized spacial score (nSPS) is 21.4. The van der Waals surface area contributed by atoms with Crippen molar-refractivity contribution in [2.45, 2.75) is 143 Å². The van der Waals surface area contributed by atoms with Crippen LogP contribution in [0.25, 0.3) is 11.2 Å². The van der Waals surface area contributed by atoms with Crippen LogP contribution in [0.5, 0.6) is 0 Å². The predicted octanol–water partition coefficient (Wildman–Crippen LogP) is 4.19. The number of carbonyl (C=O) groups is 4. The first kappa shape index (κ1) is 62.3. The molecule has 1 saturated heterocycles. The summed E-state index contributed by atoms with van der Waals surface area (Å²) in [5.74, 6) is -0.624. The minimum absolute atomic E-state index is 0.0273. The van der Waals surface area contributed by atoms with E-state index < -0.39 is 90.5 Å². The van der Waals surface area contributed by atoms with Gasteiger partial charge in [-0.05, 0) is 24.2 Å². The van der Waals surface area contributed by atoms with E-state index in [1.165, 1.54) is 13.8 Å². The molecule has 406 valence electrons. The molecule has 0 aliphatic carbocycles. The fourth-order valence-corrected chi connectivity index (χ4v) is 11.3. The lowest BCUT2D eigenvalue weighted by Gasteiger charge is -2.30. The third kappa shape index (κ3) is 22.2. The van der Waals surface area contributed by atoms with Crippen LogP contribution in [0.3, 0.4) is 0 Å². The number of carbonyl (C=O) groups excluding carboxylic acids is 3. The topological polar surface area (TPSA) is 401 Å². The van der Waals surface area contributed by atoms with Crippen molar-refractivity contribution in [2.75, 3.05) is 37.8 Å². The lowest BCUT2D eigenvalue weighted by molar-refractivity contribution is -0.138. The summed E-state index contributed by atoms with van der Waals surface area (Å²) in [5.41, 5.74) is 4.26. The number of carboxylic acid groups (broad SMARTS) is 1. The number of anilines is 1. The number of carboxylic acids is 1. The first-order valence-corrected chi connectivity index (χ1v) is 28.8. The fraction of sp³-hybridized carbons (Fsp3) is 0.780. The molecule has 0 bridgehead atoms. The van der Waals surface area contributed by atoms with E-state index in [0.717, 1.165) is 86.8 Å². The van der Waals surface area contributed by atoms with Gasteiger partial charge in [0.25, 0.3) is 0 Å². The van der Waals surface area contributed by atoms with Gasteiger partial charge in [-0.2, -0.15) is 4.31 Å². The summed E-state index contributed by atoms with van der Waals surface area (Å²) in [5, 5.41) is 35.6. The van der Waals surface area contributed by atoms with Gasteiger partial charge in [-0.1, -0.05) is 105 Å². The third-order valence-electron chi connectivity index (χ3n) is 11.8. The minimum atomic E-state index is -5.59. The predicted molar refractivity (Wildman–Crippen MR) is 258 cm³/mol. The molecule has 7 unspecified atom stereocenters. The Bertz CT molecular complexity index is 2200. The summed E-state index contributed by atoms with van der Waals surface area (Å²) in [6.45, 7) is 8.85. The SMILES string of the molecule is CC(CCCC(C)CCCC(C)C(=O)SCCNC(=O)CCNC(=O)C(O)C(C)(C)COP(=O)(O)OP(=O)(O)OC[C@H]1O[C@@H](n2cnc3c(N)ncnc32)[C@H](O)[C@@H]1OP(=O)(O)O)CCCC(C)CC(=O)O. The largest absolute Gasteiger partial charge is 0.481 e. The number of imidazole rings is 1. The molecule has 26 nitrogen and oxygen atoms in total. The van der Waals surface area contributed by atoms with E-state index in [2.05, 4.69) is 48.3 Å². The van der Waals surface area contributed by atoms with Crippen molar-refractivity contribution in [1.29, 1.82) is 0 Å². The van der Waals surface area contributed by atoms with Crippen LogP contribution >= 0.6 is 35.2 Å². The van der Waals surface area contributed by atoms with Crippen LogP contribution in [0, 0.1) is 29.1 Å². The highest BCUT2D eigenvalue weighted by atomic mass is 32.2. The Hall–Kier alpha value is -2.97. The molecule has 0 radical (unpaired) electrons. The van der Waals surface area contributed by atoms with Crippen molar-refractivity contribution in [3.8, 4) is 0 Å². The number of amides is 2. The molecule has 11 N–H and O–H groups in total. The lowest BCUT2D eigenvalue weighted by Crippen LogP contribution is -2.46. The molecule has 1 aliphatic rings. The smallest absolute Gasteiger partial charge is 0.481 e. The number of nitrogens with zero attached hydrogens (tertiary/aromatic N) is 4. The van der Waals surface area contributed by atoms with Gasteiger partial charge in [0.05, 0.1) is 19.5 Å². The zero-order valence-corrected chi connectivity index (χ0v) is 44.3. The van der Waals surface area contributed by atoms with Gasteiger partial charge in [0.2, 0.25) is 11.8 Å². The maximum atomic E-state index is 12.8. The van der Waals surface area contributed by atoms with Crippen molar-refractivity contribution in [3.63, 3.8) is 0 Å². The Morgan fingerprint density at radius 3 is 2.07 bits per heavy atom. The van der Waals surface area contributed by atoms with Crippen molar-refractivity contribution in [2.24, 2.45) is 29.1 Å². The fourth-order valence-electron chi connectivity index (χ4n) is 7.63. The number of aliphatic hydroxyl groups is 2. The van der Waals surface area contributed by atoms with E-state index in [1.807, 2.05) is 13.8 Å². The number of aromatic nitrogens is 4. The Labute approximate surface area is 416 Å². The second-order valence-corrected chi connectivity index (χ2v) is 24.2. The van der Waals surface area contributed by atoms with Crippen LogP contribution in [0.2, 0.25) is 0 Å². The Morgan fingerprint density at radius 1 is 0.873 bits per heavy atom. The quantitative estimate of drug-likeness (QED) is 0.0347. The third-order valence-corrected chi connectivity index (χ3v) is 16.0. The zero-order valence-electron chi connectivity index (χ0n) is 40.8. The molecule has 2 amide bonds. The molecule has 71 heavy (non-hydrogen) atoms. The van der Waals surface area contributed by atoms with Gasteiger partial charge in [-0.3, -0.25) is 37.3 Å². The first-order chi connectivity index (χ1) is 33.0. The number of hydrogen-bond acceptors (Lipinski definition) is 19. The number of phosphoric acid groups is 3. The maximum absolute atomic E-state index is 12.8. The van der Waals surface area contributed by atoms with Gasteiger partial charge >= 0.3 is 29.4 Å². The molecular formula is C41H72N7O19P3S. The van der Waals surface area contributed by atoms with Gasteiger partial charge < -0.3 is 56.0 Å². The molecule has 2 aromatic heterocycles. The Balaban J connectivity index is 1.32. The highest BCUT2D eigenvalue weighted by Crippen LogP contribution is 2.61. The summed E-state index contributed by atoms with van der Waals surface area (Å²) in [7, 11) is -16.4. The van der Waals surface area contributed by atoms with Crippen molar-refractivity contribution in [1.82, 2.24) is 30.2 Å². The molecule has 0 spiro atoms. The summed E-state index contributed by atoms with van der Waals surface area (Å²) in [4.78, 5) is 99.9. The molecular weight excluding hydrogens is 1020 g/mol. The molecule has 11 atom stereocenters. The Morgan fingerprint density at radius 2 is 1.46 bits per heavy atom. The van der Waals surface area contributed by atoms with Crippen LogP contribution in [0.1, 0.15) is 118 Å². The van der Waals surface area contributed by atoms with E-state index in [9.17, 15) is 62.7 Å². The highest BCUT2D eigenvalue weighted by Gasteiger charge is 2.50. The number of thioether (sulfide) groups is 1. The van der Waals surface area contributed by atoms with Gasteiger partial charge in [0.1, 0.15) is 36.3 Å². The van der Waals surface area contributed by atoms with E-state index in [4.69, 9.17) is 24.6 Å². The number of nitrogen functional groups attached to an aromatic ring is 1. The molecule has 0 saturated carbocycles. The van der Waals surface area contributed by atoms with Gasteiger partial charge in [-0.25, -0.2) is 28.6 Å². The summed E-state index contributed by atoms with van der Waals surface area (Å²) < 4.78 is 62.5. The monoisotopic (exact) mass is 1090 g/mol. The molecule has 3 heterocycles. The van der Waals surface area contributed by atoms with Crippen LogP contribution in [-0.2, 0) is 55.5 Å². The highest BCUT2D eigenvalue weighted by molar-refractivity contribution is 8.13. The Kier molecular flexibility index (Phi) is 25.1. The molecule has 30 heteroatoms. The van der Waals surface area contributed by atoms with Gasteiger partial charge in [0.15, 0.2) is 22.8 Å². The minimum Gasteiger partial charge on any atom is -0.481 e. The van der Waals surface area contributed by atoms with E-state index in [-0.39, 0.29) is 59.9 Å². The van der Waals surface area contributed by atoms with Gasteiger partial charge in [0, 0.05) is 43.0 Å². The number of nitrogens with two attached hydrogens (primary N) is 1. The number of hydrogen-bond donors (Lipinski definition) is 10. The van der Waals surface area contributed by atoms with Crippen LogP contribution in [0.4, 0.5) is 5.82 Å². The van der Waals surface area contributed by atoms with Crippen molar-refractivity contribution < 1.29 is 90.4 Å². The number of rotatable bonds is 34. The average molecular weight is 1090 g/mol. The van der Waals surface area contributed by atoms with Crippen LogP contribution in [0.15, 0.2) is 12.7 Å². The number of aliphatic hydroxyl groups excluding tert-OH is 2. The first-order valence-electron chi connectivity index (χ1n) is 23.3. The number of ether oxygens (including phenoxy) is 1. The molecule has 1 aliphatic heterocycles. The second kappa shape index (κ2) is 28.6. The summed E-state index contributed by atoms with van der Waals surface area (Å²) >= 11 is 1.14. The van der Waals surface area contributed by atoms with Crippen molar-refractivity contribution >= 4 is 75.1 Å². The lowest BCUT2D eigenvalue weighted by atomic mass is 9.87. The summed E-state index contributed by atoms with van der Waals surface area (Å²) in [6, 6.07) is 0. The van der Waals surface area contributed by atoms with Crippen molar-refractivity contribution in [3.05, 3.63) is 12.7 Å². The number of aliphatic carboxylic acids is 1. The molecule has 1 fully saturated rings. The van der Waals surface area contributed by atoms with E-state index >= 15 is 0 Å². The number of phosphoric ester groups is 3. The number of nitrogens with one attached hydrogen (secondary N) is 2. The standard InChI is InChI=1S/C41H72N7O19P3S/c1-25(12-8-14-27(3)20-31(50)51)10-7-11-26(2)13-9-15-28(4)40(55)71-19-18-43-30(49)16-17-44-38(54)35(53)41(5,6)22-64-70(61,62)67-69(59,60)63-21-29-34(66-68(56,57)58)33(52)39(65-29)48-24-47-32-36(42)45-23-46-37(32)48/h23-29,33-35,39,52-53H,7-22H2,1-6H3,(H,43,49)(H,44,54)(H,50,51)(H,59,60)(H,61,62)(H2,42,45,46)(H2,56,57,58)/t25?,26?,27?,28?,29-,33-,34-,35?,39-/m1/s1. The maximum Gasteiger partial charge on any atom is 0.481 e. The molecule has 0 aromatic carbocycles. The average Bonchev–Trinajstić information content (AvgIpc) is 3.82. The van der Waals surface area contributed by atoms with E-state index in [0.29, 0.717) is 17.6 Å². The molecule has 3 rings (SSSR count). The molecule has 2 aromatic rings. The van der Waals surface area contributed by atoms with Crippen LogP contribution < -0.4 is 16.4 Å². The van der Waals surface area contributed by atoms with Gasteiger partial charge in [-0.15, -0.1) is 0 Å². The van der Waals surface area contributed by atoms with Crippen LogP contribution in [-0.4, -0.2) is 134 Å². The number of fused-ring (bicyclic) bond motifs is 1. The second-order valence-electron chi connectivity index (χ2n) is 18.8. The zero-order chi connectivity index (χ0) is 53.3. The summed E-state index contributed by atoms with van der Waals surface area (Å²) in [6.07, 6.45) is 2.50. The van der Waals surface area contributed by atoms with E-state index in [1.54, 1.807) is 0 Å².